The van der Waals surface area contributed by atoms with E-state index in [2.05, 4.69) is 5.32 Å². The third-order valence-corrected chi connectivity index (χ3v) is 3.85. The van der Waals surface area contributed by atoms with Gasteiger partial charge in [0.05, 0.1) is 5.56 Å². The molecule has 8 heteroatoms. The largest absolute Gasteiger partial charge is 0.452 e. The third-order valence-electron chi connectivity index (χ3n) is 2.79. The van der Waals surface area contributed by atoms with Gasteiger partial charge in [-0.3, -0.25) is 9.59 Å². The van der Waals surface area contributed by atoms with Crippen LogP contribution in [0.25, 0.3) is 6.08 Å². The molecule has 0 aliphatic rings. The number of carbonyl (C=O) groups excluding carboxylic acids is 3. The summed E-state index contributed by atoms with van der Waals surface area (Å²) >= 11 is 6.98. The maximum atomic E-state index is 11.7. The van der Waals surface area contributed by atoms with E-state index < -0.39 is 24.4 Å². The Labute approximate surface area is 146 Å². The molecule has 0 bridgehead atoms. The zero-order valence-corrected chi connectivity index (χ0v) is 13.9. The number of nitrogens with two attached hydrogens (primary N) is 1. The van der Waals surface area contributed by atoms with Gasteiger partial charge in [-0.25, -0.2) is 4.79 Å². The Bertz CT molecular complexity index is 801. The minimum absolute atomic E-state index is 0.209. The third kappa shape index (κ3) is 5.22. The van der Waals surface area contributed by atoms with Crippen molar-refractivity contribution in [1.29, 1.82) is 0 Å². The van der Waals surface area contributed by atoms with Crippen molar-refractivity contribution in [3.63, 3.8) is 0 Å². The molecule has 0 spiro atoms. The predicted molar refractivity (Wildman–Crippen MR) is 92.9 cm³/mol. The molecular formula is C16H13ClN2O4S. The molecule has 1 aromatic heterocycles. The topological polar surface area (TPSA) is 98.5 Å². The number of carbonyl (C=O) groups is 3. The van der Waals surface area contributed by atoms with Crippen LogP contribution in [0.15, 0.2) is 41.8 Å². The molecule has 1 aromatic carbocycles. The van der Waals surface area contributed by atoms with Crippen molar-refractivity contribution in [1.82, 2.24) is 0 Å². The van der Waals surface area contributed by atoms with Crippen LogP contribution >= 0.6 is 22.9 Å². The maximum Gasteiger partial charge on any atom is 0.331 e. The number of ether oxygens (including phenoxy) is 1. The summed E-state index contributed by atoms with van der Waals surface area (Å²) in [5, 5.41) is 4.95. The van der Waals surface area contributed by atoms with Gasteiger partial charge in [-0.15, -0.1) is 11.3 Å². The fourth-order valence-corrected chi connectivity index (χ4v) is 2.73. The van der Waals surface area contributed by atoms with Crippen molar-refractivity contribution in [2.75, 3.05) is 11.9 Å². The fraction of sp³-hybridized carbons (Fsp3) is 0.0625. The summed E-state index contributed by atoms with van der Waals surface area (Å²) in [7, 11) is 0. The zero-order valence-electron chi connectivity index (χ0n) is 12.3. The highest BCUT2D eigenvalue weighted by atomic mass is 35.5. The molecule has 0 radical (unpaired) electrons. The van der Waals surface area contributed by atoms with Crippen LogP contribution in [-0.2, 0) is 14.3 Å². The van der Waals surface area contributed by atoms with E-state index in [1.165, 1.54) is 18.2 Å². The number of esters is 1. The summed E-state index contributed by atoms with van der Waals surface area (Å²) in [5.74, 6) is -1.89. The van der Waals surface area contributed by atoms with Crippen molar-refractivity contribution in [2.45, 2.75) is 0 Å². The molecule has 0 atom stereocenters. The molecule has 124 valence electrons. The average Bonchev–Trinajstić information content (AvgIpc) is 2.99. The number of rotatable bonds is 6. The predicted octanol–water partition coefficient (Wildman–Crippen LogP) is 2.70. The van der Waals surface area contributed by atoms with Gasteiger partial charge in [-0.1, -0.05) is 23.7 Å². The number of amides is 2. The first kappa shape index (κ1) is 17.7. The Hall–Kier alpha value is -2.64. The SMILES string of the molecule is NC(=O)c1ccsc1NC(=O)COC(=O)C=Cc1cccc(Cl)c1. The van der Waals surface area contributed by atoms with Gasteiger partial charge in [0.25, 0.3) is 11.8 Å². The number of primary amides is 1. The summed E-state index contributed by atoms with van der Waals surface area (Å²) in [6, 6.07) is 8.41. The van der Waals surface area contributed by atoms with E-state index in [-0.39, 0.29) is 5.56 Å². The number of halogens is 1. The Morgan fingerprint density at radius 1 is 1.29 bits per heavy atom. The Morgan fingerprint density at radius 3 is 2.79 bits per heavy atom. The van der Waals surface area contributed by atoms with Gasteiger partial charge in [0.2, 0.25) is 0 Å². The second-order valence-corrected chi connectivity index (χ2v) is 5.92. The van der Waals surface area contributed by atoms with E-state index in [4.69, 9.17) is 22.1 Å². The number of benzene rings is 1. The van der Waals surface area contributed by atoms with E-state index in [0.717, 1.165) is 16.9 Å². The minimum atomic E-state index is -0.675. The minimum Gasteiger partial charge on any atom is -0.452 e. The lowest BCUT2D eigenvalue weighted by Crippen LogP contribution is -2.21. The molecule has 6 nitrogen and oxygen atoms in total. The molecule has 0 unspecified atom stereocenters. The molecule has 3 N–H and O–H groups in total. The molecule has 2 rings (SSSR count). The van der Waals surface area contributed by atoms with Gasteiger partial charge in [0.1, 0.15) is 5.00 Å². The Balaban J connectivity index is 1.84. The van der Waals surface area contributed by atoms with Crippen molar-refractivity contribution in [2.24, 2.45) is 5.73 Å². The summed E-state index contributed by atoms with van der Waals surface area (Å²) in [4.78, 5) is 34.5. The molecule has 0 saturated heterocycles. The highest BCUT2D eigenvalue weighted by Gasteiger charge is 2.13. The van der Waals surface area contributed by atoms with E-state index in [1.807, 2.05) is 0 Å². The molecular weight excluding hydrogens is 352 g/mol. The van der Waals surface area contributed by atoms with Crippen LogP contribution < -0.4 is 11.1 Å². The quantitative estimate of drug-likeness (QED) is 0.608. The number of hydrogen-bond acceptors (Lipinski definition) is 5. The van der Waals surface area contributed by atoms with Crippen LogP contribution in [0.4, 0.5) is 5.00 Å². The molecule has 0 aliphatic heterocycles. The van der Waals surface area contributed by atoms with Crippen LogP contribution in [-0.4, -0.2) is 24.4 Å². The molecule has 24 heavy (non-hydrogen) atoms. The monoisotopic (exact) mass is 364 g/mol. The highest BCUT2D eigenvalue weighted by molar-refractivity contribution is 7.14. The first-order valence-electron chi connectivity index (χ1n) is 6.73. The summed E-state index contributed by atoms with van der Waals surface area (Å²) in [6.45, 7) is -0.477. The van der Waals surface area contributed by atoms with Crippen molar-refractivity contribution < 1.29 is 19.1 Å². The van der Waals surface area contributed by atoms with Crippen molar-refractivity contribution in [3.8, 4) is 0 Å². The first-order chi connectivity index (χ1) is 11.5. The van der Waals surface area contributed by atoms with E-state index in [9.17, 15) is 14.4 Å². The lowest BCUT2D eigenvalue weighted by atomic mass is 10.2. The molecule has 0 fully saturated rings. The Morgan fingerprint density at radius 2 is 2.08 bits per heavy atom. The van der Waals surface area contributed by atoms with Crippen LogP contribution in [0.1, 0.15) is 15.9 Å². The van der Waals surface area contributed by atoms with Gasteiger partial charge in [0, 0.05) is 11.1 Å². The number of anilines is 1. The molecule has 2 amide bonds. The van der Waals surface area contributed by atoms with E-state index in [0.29, 0.717) is 10.0 Å². The summed E-state index contributed by atoms with van der Waals surface area (Å²) in [6.07, 6.45) is 2.72. The summed E-state index contributed by atoms with van der Waals surface area (Å²) < 4.78 is 4.82. The van der Waals surface area contributed by atoms with Gasteiger partial charge in [-0.05, 0) is 35.2 Å². The van der Waals surface area contributed by atoms with Gasteiger partial charge in [0.15, 0.2) is 6.61 Å². The zero-order chi connectivity index (χ0) is 17.5. The Kier molecular flexibility index (Phi) is 6.11. The first-order valence-corrected chi connectivity index (χ1v) is 7.99. The summed E-state index contributed by atoms with van der Waals surface area (Å²) in [5.41, 5.74) is 6.11. The lowest BCUT2D eigenvalue weighted by molar-refractivity contribution is -0.142. The molecule has 0 saturated carbocycles. The number of nitrogens with one attached hydrogen (secondary N) is 1. The van der Waals surface area contributed by atoms with E-state index in [1.54, 1.807) is 29.6 Å². The molecule has 0 aliphatic carbocycles. The van der Waals surface area contributed by atoms with Gasteiger partial charge >= 0.3 is 5.97 Å². The number of thiophene rings is 1. The molecule has 2 aromatic rings. The molecule has 1 heterocycles. The van der Waals surface area contributed by atoms with Crippen LogP contribution in [0.2, 0.25) is 5.02 Å². The van der Waals surface area contributed by atoms with Crippen LogP contribution in [0, 0.1) is 0 Å². The second-order valence-electron chi connectivity index (χ2n) is 4.57. The average molecular weight is 365 g/mol. The van der Waals surface area contributed by atoms with Crippen molar-refractivity contribution >= 4 is 51.8 Å². The van der Waals surface area contributed by atoms with E-state index >= 15 is 0 Å². The lowest BCUT2D eigenvalue weighted by Gasteiger charge is -2.04. The maximum absolute atomic E-state index is 11.7. The number of hydrogen-bond donors (Lipinski definition) is 2. The van der Waals surface area contributed by atoms with Gasteiger partial charge < -0.3 is 15.8 Å². The van der Waals surface area contributed by atoms with Crippen LogP contribution in [0.5, 0.6) is 0 Å². The smallest absolute Gasteiger partial charge is 0.331 e. The normalized spacial score (nSPS) is 10.5. The fourth-order valence-electron chi connectivity index (χ4n) is 1.72. The highest BCUT2D eigenvalue weighted by Crippen LogP contribution is 2.22. The second kappa shape index (κ2) is 8.28. The van der Waals surface area contributed by atoms with Gasteiger partial charge in [-0.2, -0.15) is 0 Å². The standard InChI is InChI=1S/C16H13ClN2O4S/c17-11-3-1-2-10(8-11)4-5-14(21)23-9-13(20)19-16-12(15(18)22)6-7-24-16/h1-8H,9H2,(H2,18,22)(H,19,20). The van der Waals surface area contributed by atoms with Crippen LogP contribution in [0.3, 0.4) is 0 Å². The van der Waals surface area contributed by atoms with Crippen molar-refractivity contribution in [3.05, 3.63) is 57.9 Å².